The molecule has 0 N–H and O–H groups in total. The molecule has 1 aliphatic carbocycles. The molecule has 0 radical (unpaired) electrons. The molecule has 1 aromatic carbocycles. The Hall–Kier alpha value is -1.65. The van der Waals surface area contributed by atoms with Gasteiger partial charge in [0, 0.05) is 27.1 Å². The summed E-state index contributed by atoms with van der Waals surface area (Å²) in [6.45, 7) is 3.38. The largest absolute Gasteiger partial charge is 0.349 e. The quantitative estimate of drug-likeness (QED) is 0.805. The third-order valence-corrected chi connectivity index (χ3v) is 7.06. The molecule has 1 amide bonds. The van der Waals surface area contributed by atoms with Gasteiger partial charge in [-0.3, -0.25) is 9.69 Å². The van der Waals surface area contributed by atoms with Gasteiger partial charge in [-0.25, -0.2) is 0 Å². The van der Waals surface area contributed by atoms with Crippen molar-refractivity contribution < 1.29 is 4.79 Å². The van der Waals surface area contributed by atoms with E-state index in [-0.39, 0.29) is 11.3 Å². The van der Waals surface area contributed by atoms with E-state index in [1.807, 2.05) is 14.1 Å². The lowest BCUT2D eigenvalue weighted by Gasteiger charge is -2.40. The van der Waals surface area contributed by atoms with Gasteiger partial charge in [-0.05, 0) is 77.2 Å². The van der Waals surface area contributed by atoms with Crippen LogP contribution in [0.25, 0.3) is 0 Å². The van der Waals surface area contributed by atoms with Crippen molar-refractivity contribution in [2.45, 2.75) is 43.6 Å². The summed E-state index contributed by atoms with van der Waals surface area (Å²) in [6, 6.07) is 11.1. The molecule has 1 spiro atoms. The van der Waals surface area contributed by atoms with Crippen LogP contribution in [-0.2, 0) is 16.8 Å². The van der Waals surface area contributed by atoms with Gasteiger partial charge in [0.2, 0.25) is 5.91 Å². The summed E-state index contributed by atoms with van der Waals surface area (Å²) in [7, 11) is 3.73. The van der Waals surface area contributed by atoms with Crippen LogP contribution in [0.3, 0.4) is 0 Å². The Balaban J connectivity index is 1.49. The molecule has 1 saturated heterocycles. The van der Waals surface area contributed by atoms with Crippen LogP contribution in [0, 0.1) is 0 Å². The van der Waals surface area contributed by atoms with Crippen LogP contribution in [0.5, 0.6) is 0 Å². The molecule has 2 aromatic rings. The number of thiophene rings is 1. The summed E-state index contributed by atoms with van der Waals surface area (Å²) < 4.78 is 0. The second-order valence-corrected chi connectivity index (χ2v) is 8.95. The van der Waals surface area contributed by atoms with Gasteiger partial charge in [-0.15, -0.1) is 0 Å². The Morgan fingerprint density at radius 1 is 1.23 bits per heavy atom. The Morgan fingerprint density at radius 2 is 2.00 bits per heavy atom. The summed E-state index contributed by atoms with van der Waals surface area (Å²) in [5, 5.41) is 4.43. The molecule has 0 bridgehead atoms. The van der Waals surface area contributed by atoms with Crippen molar-refractivity contribution in [3.8, 4) is 0 Å². The topological polar surface area (TPSA) is 23.6 Å². The average Bonchev–Trinajstić information content (AvgIpc) is 3.25. The minimum atomic E-state index is 0.247. The highest BCUT2D eigenvalue weighted by molar-refractivity contribution is 7.07. The van der Waals surface area contributed by atoms with Crippen LogP contribution in [-0.4, -0.2) is 42.9 Å². The van der Waals surface area contributed by atoms with E-state index in [1.165, 1.54) is 29.5 Å². The van der Waals surface area contributed by atoms with Crippen LogP contribution >= 0.6 is 11.3 Å². The van der Waals surface area contributed by atoms with Crippen LogP contribution < -0.4 is 0 Å². The molecule has 0 saturated carbocycles. The van der Waals surface area contributed by atoms with Crippen molar-refractivity contribution in [2.75, 3.05) is 27.2 Å². The summed E-state index contributed by atoms with van der Waals surface area (Å²) >= 11 is 1.78. The fraction of sp³-hybridized carbons (Fsp3) is 0.500. The number of benzene rings is 1. The standard InChI is InChI=1S/C22H28N2OS/c1-23(2)21(25)13-18-14-22(20-6-4-3-5-19(18)20)8-10-24(11-9-22)15-17-7-12-26-16-17/h3-7,12,16,18H,8-11,13-15H2,1-2H3/t18-/m0/s1. The summed E-state index contributed by atoms with van der Waals surface area (Å²) in [5.41, 5.74) is 4.66. The highest BCUT2D eigenvalue weighted by Crippen LogP contribution is 2.52. The molecule has 2 aliphatic rings. The normalized spacial score (nSPS) is 21.7. The lowest BCUT2D eigenvalue weighted by Crippen LogP contribution is -2.41. The zero-order valence-electron chi connectivity index (χ0n) is 15.8. The smallest absolute Gasteiger partial charge is 0.222 e. The first-order chi connectivity index (χ1) is 12.6. The molecule has 1 fully saturated rings. The molecule has 3 nitrogen and oxygen atoms in total. The van der Waals surface area contributed by atoms with E-state index in [0.29, 0.717) is 12.3 Å². The van der Waals surface area contributed by atoms with Gasteiger partial charge in [-0.1, -0.05) is 24.3 Å². The number of likely N-dealkylation sites (tertiary alicyclic amines) is 1. The molecule has 4 rings (SSSR count). The van der Waals surface area contributed by atoms with Crippen LogP contribution in [0.2, 0.25) is 0 Å². The molecule has 1 aliphatic heterocycles. The van der Waals surface area contributed by atoms with Crippen LogP contribution in [0.1, 0.15) is 48.3 Å². The first-order valence-electron chi connectivity index (χ1n) is 9.60. The van der Waals surface area contributed by atoms with Crippen molar-refractivity contribution in [2.24, 2.45) is 0 Å². The SMILES string of the molecule is CN(C)C(=O)C[C@H]1CC2(CCN(Cc3ccsc3)CC2)c2ccccc21. The van der Waals surface area contributed by atoms with E-state index in [0.717, 1.165) is 26.1 Å². The fourth-order valence-electron chi connectivity index (χ4n) is 4.86. The monoisotopic (exact) mass is 368 g/mol. The van der Waals surface area contributed by atoms with E-state index < -0.39 is 0 Å². The number of hydrogen-bond acceptors (Lipinski definition) is 3. The Kier molecular flexibility index (Phi) is 4.89. The fourth-order valence-corrected chi connectivity index (χ4v) is 5.52. The average molecular weight is 369 g/mol. The first kappa shape index (κ1) is 17.7. The van der Waals surface area contributed by atoms with Crippen molar-refractivity contribution in [3.05, 3.63) is 57.8 Å². The maximum Gasteiger partial charge on any atom is 0.222 e. The van der Waals surface area contributed by atoms with Crippen LogP contribution in [0.15, 0.2) is 41.1 Å². The van der Waals surface area contributed by atoms with Gasteiger partial charge < -0.3 is 4.90 Å². The number of carbonyl (C=O) groups is 1. The molecular weight excluding hydrogens is 340 g/mol. The second kappa shape index (κ2) is 7.16. The maximum absolute atomic E-state index is 12.3. The minimum absolute atomic E-state index is 0.247. The summed E-state index contributed by atoms with van der Waals surface area (Å²) in [6.07, 6.45) is 4.20. The molecule has 0 unspecified atom stereocenters. The number of hydrogen-bond donors (Lipinski definition) is 0. The zero-order chi connectivity index (χ0) is 18.1. The highest BCUT2D eigenvalue weighted by atomic mass is 32.1. The predicted octanol–water partition coefficient (Wildman–Crippen LogP) is 4.25. The third kappa shape index (κ3) is 3.33. The van der Waals surface area contributed by atoms with Crippen molar-refractivity contribution in [3.63, 3.8) is 0 Å². The van der Waals surface area contributed by atoms with E-state index in [4.69, 9.17) is 0 Å². The molecule has 2 heterocycles. The third-order valence-electron chi connectivity index (χ3n) is 6.33. The number of amides is 1. The molecule has 4 heteroatoms. The van der Waals surface area contributed by atoms with Crippen molar-refractivity contribution in [1.82, 2.24) is 9.80 Å². The van der Waals surface area contributed by atoms with Gasteiger partial charge in [0.05, 0.1) is 0 Å². The van der Waals surface area contributed by atoms with E-state index in [2.05, 4.69) is 46.0 Å². The Morgan fingerprint density at radius 3 is 2.69 bits per heavy atom. The number of rotatable bonds is 4. The molecule has 1 atom stereocenters. The van der Waals surface area contributed by atoms with E-state index >= 15 is 0 Å². The number of nitrogens with zero attached hydrogens (tertiary/aromatic N) is 2. The number of fused-ring (bicyclic) bond motifs is 2. The second-order valence-electron chi connectivity index (χ2n) is 8.17. The zero-order valence-corrected chi connectivity index (χ0v) is 16.6. The summed E-state index contributed by atoms with van der Waals surface area (Å²) in [4.78, 5) is 16.7. The highest BCUT2D eigenvalue weighted by Gasteiger charge is 2.45. The maximum atomic E-state index is 12.3. The molecular formula is C22H28N2OS. The predicted molar refractivity (Wildman–Crippen MR) is 108 cm³/mol. The lowest BCUT2D eigenvalue weighted by atomic mass is 9.73. The Labute approximate surface area is 160 Å². The number of carbonyl (C=O) groups excluding carboxylic acids is 1. The van der Waals surface area contributed by atoms with E-state index in [9.17, 15) is 4.79 Å². The van der Waals surface area contributed by atoms with E-state index in [1.54, 1.807) is 16.2 Å². The van der Waals surface area contributed by atoms with Crippen molar-refractivity contribution in [1.29, 1.82) is 0 Å². The molecule has 26 heavy (non-hydrogen) atoms. The Bertz CT molecular complexity index is 760. The van der Waals surface area contributed by atoms with Gasteiger partial charge in [-0.2, -0.15) is 11.3 Å². The van der Waals surface area contributed by atoms with Crippen LogP contribution in [0.4, 0.5) is 0 Å². The van der Waals surface area contributed by atoms with Crippen molar-refractivity contribution >= 4 is 17.2 Å². The molecule has 138 valence electrons. The van der Waals surface area contributed by atoms with Gasteiger partial charge >= 0.3 is 0 Å². The lowest BCUT2D eigenvalue weighted by molar-refractivity contribution is -0.129. The minimum Gasteiger partial charge on any atom is -0.349 e. The van der Waals surface area contributed by atoms with Gasteiger partial charge in [0.15, 0.2) is 0 Å². The van der Waals surface area contributed by atoms with Gasteiger partial charge in [0.1, 0.15) is 0 Å². The molecule has 1 aromatic heterocycles. The summed E-state index contributed by atoms with van der Waals surface area (Å²) in [5.74, 6) is 0.626. The number of piperidine rings is 1. The van der Waals surface area contributed by atoms with Gasteiger partial charge in [0.25, 0.3) is 0 Å². The first-order valence-corrected chi connectivity index (χ1v) is 10.5.